The summed E-state index contributed by atoms with van der Waals surface area (Å²) in [6, 6.07) is 7.89. The number of carbonyl (C=O) groups excluding carboxylic acids is 1. The van der Waals surface area contributed by atoms with E-state index in [9.17, 15) is 23.2 Å². The molecule has 2 aromatic heterocycles. The largest absolute Gasteiger partial charge is 0.435 e. The molecule has 3 aromatic rings. The van der Waals surface area contributed by atoms with Crippen molar-refractivity contribution < 1.29 is 22.4 Å². The minimum absolute atomic E-state index is 0.125. The van der Waals surface area contributed by atoms with E-state index >= 15 is 4.39 Å². The van der Waals surface area contributed by atoms with Crippen LogP contribution in [0.2, 0.25) is 0 Å². The molecule has 0 radical (unpaired) electrons. The molecule has 0 saturated carbocycles. The zero-order valence-electron chi connectivity index (χ0n) is 18.4. The van der Waals surface area contributed by atoms with Crippen LogP contribution in [0, 0.1) is 17.1 Å². The number of carbonyl (C=O) groups is 1. The maximum absolute atomic E-state index is 15.3. The number of aromatic nitrogens is 2. The molecule has 0 unspecified atom stereocenters. The van der Waals surface area contributed by atoms with Gasteiger partial charge in [0.1, 0.15) is 16.8 Å². The molecule has 0 bridgehead atoms. The van der Waals surface area contributed by atoms with E-state index in [4.69, 9.17) is 0 Å². The number of nitrogens with zero attached hydrogens (tertiary/aromatic N) is 4. The average molecular weight is 567 g/mol. The second-order valence-corrected chi connectivity index (χ2v) is 9.66. The summed E-state index contributed by atoms with van der Waals surface area (Å²) in [6.07, 6.45) is -0.532. The van der Waals surface area contributed by atoms with Gasteiger partial charge in [-0.15, -0.1) is 11.3 Å². The molecule has 1 aliphatic rings. The normalized spacial score (nSPS) is 15.9. The Morgan fingerprint density at radius 2 is 2.14 bits per heavy atom. The molecule has 1 aromatic carbocycles. The fraction of sp³-hybridized carbons (Fsp3) is 0.292. The Labute approximate surface area is 211 Å². The molecule has 1 atom stereocenters. The number of fused-ring (bicyclic) bond motifs is 1. The fourth-order valence-electron chi connectivity index (χ4n) is 4.25. The molecule has 35 heavy (non-hydrogen) atoms. The topological polar surface area (TPSA) is 61.9 Å². The summed E-state index contributed by atoms with van der Waals surface area (Å²) in [5.41, 5.74) is -0.712. The van der Waals surface area contributed by atoms with Gasteiger partial charge >= 0.3 is 6.18 Å². The minimum Gasteiger partial charge on any atom is -0.333 e. The highest BCUT2D eigenvalue weighted by Gasteiger charge is 2.40. The van der Waals surface area contributed by atoms with Crippen molar-refractivity contribution in [1.82, 2.24) is 14.7 Å². The summed E-state index contributed by atoms with van der Waals surface area (Å²) in [6.45, 7) is 2.21. The molecular weight excluding hydrogens is 548 g/mol. The molecule has 11 heteroatoms. The standard InChI is InChI=1S/C24H19BrF4N4OS/c1-2-33-12-18(23(31-33)24(27,28)29)22-15(5-3-6-19(22)26)17-11-32(21(34)7-4-8-25)13-20-16(17)9-14(10-30)35-20/h3-7,9,12,17H,2,8,11,13H2,1H3/b7-4+/t17-/m0/s1. The number of alkyl halides is 4. The van der Waals surface area contributed by atoms with Crippen LogP contribution in [0.1, 0.15) is 39.4 Å². The van der Waals surface area contributed by atoms with Crippen molar-refractivity contribution in [2.45, 2.75) is 32.1 Å². The number of hydrogen-bond donors (Lipinski definition) is 0. The molecule has 3 heterocycles. The van der Waals surface area contributed by atoms with Gasteiger partial charge in [-0.1, -0.05) is 34.1 Å². The van der Waals surface area contributed by atoms with Crippen LogP contribution in [-0.4, -0.2) is 32.5 Å². The predicted octanol–water partition coefficient (Wildman–Crippen LogP) is 6.09. The number of nitriles is 1. The average Bonchev–Trinajstić information content (AvgIpc) is 3.45. The first-order chi connectivity index (χ1) is 16.7. The van der Waals surface area contributed by atoms with Gasteiger partial charge in [0.15, 0.2) is 5.69 Å². The van der Waals surface area contributed by atoms with Gasteiger partial charge in [0.25, 0.3) is 0 Å². The molecule has 1 aliphatic heterocycles. The minimum atomic E-state index is -4.79. The van der Waals surface area contributed by atoms with Crippen molar-refractivity contribution in [3.8, 4) is 17.2 Å². The molecule has 0 spiro atoms. The maximum Gasteiger partial charge on any atom is 0.435 e. The zero-order valence-corrected chi connectivity index (χ0v) is 20.8. The number of rotatable bonds is 5. The molecule has 0 N–H and O–H groups in total. The van der Waals surface area contributed by atoms with Gasteiger partial charge in [-0.3, -0.25) is 9.48 Å². The molecular formula is C24H19BrF4N4OS. The van der Waals surface area contributed by atoms with E-state index < -0.39 is 23.6 Å². The Balaban J connectivity index is 1.91. The number of hydrogen-bond acceptors (Lipinski definition) is 4. The smallest absolute Gasteiger partial charge is 0.333 e. The van der Waals surface area contributed by atoms with Crippen molar-refractivity contribution in [2.75, 3.05) is 11.9 Å². The lowest BCUT2D eigenvalue weighted by Crippen LogP contribution is -2.37. The number of thiophene rings is 1. The molecule has 0 aliphatic carbocycles. The highest BCUT2D eigenvalue weighted by Crippen LogP contribution is 2.45. The van der Waals surface area contributed by atoms with Crippen LogP contribution in [0.3, 0.4) is 0 Å². The van der Waals surface area contributed by atoms with Crippen LogP contribution in [0.5, 0.6) is 0 Å². The Bertz CT molecular complexity index is 1340. The fourth-order valence-corrected chi connectivity index (χ4v) is 5.47. The lowest BCUT2D eigenvalue weighted by molar-refractivity contribution is -0.141. The third kappa shape index (κ3) is 4.90. The highest BCUT2D eigenvalue weighted by molar-refractivity contribution is 9.09. The van der Waals surface area contributed by atoms with E-state index in [1.54, 1.807) is 30.0 Å². The van der Waals surface area contributed by atoms with E-state index in [0.29, 0.717) is 21.3 Å². The lowest BCUT2D eigenvalue weighted by atomic mass is 9.83. The number of benzene rings is 1. The number of amides is 1. The van der Waals surface area contributed by atoms with Crippen LogP contribution >= 0.6 is 27.3 Å². The first-order valence-corrected chi connectivity index (χ1v) is 12.6. The molecule has 0 saturated heterocycles. The van der Waals surface area contributed by atoms with Crippen molar-refractivity contribution in [2.24, 2.45) is 0 Å². The van der Waals surface area contributed by atoms with E-state index in [1.165, 1.54) is 29.7 Å². The second-order valence-electron chi connectivity index (χ2n) is 7.88. The van der Waals surface area contributed by atoms with Gasteiger partial charge < -0.3 is 4.90 Å². The van der Waals surface area contributed by atoms with Crippen molar-refractivity contribution >= 4 is 33.2 Å². The maximum atomic E-state index is 15.3. The first kappa shape index (κ1) is 25.1. The summed E-state index contributed by atoms with van der Waals surface area (Å²) in [5.74, 6) is -1.72. The highest BCUT2D eigenvalue weighted by atomic mass is 79.9. The van der Waals surface area contributed by atoms with Gasteiger partial charge in [-0.25, -0.2) is 4.39 Å². The van der Waals surface area contributed by atoms with E-state index in [1.807, 2.05) is 0 Å². The second kappa shape index (κ2) is 9.95. The molecule has 0 fully saturated rings. The van der Waals surface area contributed by atoms with Crippen molar-refractivity contribution in [3.63, 3.8) is 0 Å². The Morgan fingerprint density at radius 1 is 1.37 bits per heavy atom. The third-order valence-electron chi connectivity index (χ3n) is 5.77. The Kier molecular flexibility index (Phi) is 7.15. The Hall–Kier alpha value is -2.97. The van der Waals surface area contributed by atoms with E-state index in [-0.39, 0.29) is 36.7 Å². The van der Waals surface area contributed by atoms with Crippen molar-refractivity contribution in [1.29, 1.82) is 5.26 Å². The summed E-state index contributed by atoms with van der Waals surface area (Å²) in [4.78, 5) is 15.5. The van der Waals surface area contributed by atoms with Gasteiger partial charge in [-0.2, -0.15) is 23.5 Å². The monoisotopic (exact) mass is 566 g/mol. The number of halogens is 5. The van der Waals surface area contributed by atoms with Crippen LogP contribution in [0.15, 0.2) is 42.6 Å². The molecule has 1 amide bonds. The summed E-state index contributed by atoms with van der Waals surface area (Å²) >= 11 is 4.45. The van der Waals surface area contributed by atoms with E-state index in [2.05, 4.69) is 27.1 Å². The third-order valence-corrected chi connectivity index (χ3v) is 7.18. The van der Waals surface area contributed by atoms with Gasteiger partial charge in [-0.05, 0) is 36.3 Å². The van der Waals surface area contributed by atoms with E-state index in [0.717, 1.165) is 15.6 Å². The number of aryl methyl sites for hydroxylation is 1. The summed E-state index contributed by atoms with van der Waals surface area (Å²) in [5, 5.41) is 13.6. The van der Waals surface area contributed by atoms with Gasteiger partial charge in [0.05, 0.1) is 6.54 Å². The van der Waals surface area contributed by atoms with Gasteiger partial charge in [0.2, 0.25) is 5.91 Å². The van der Waals surface area contributed by atoms with Crippen LogP contribution < -0.4 is 0 Å². The van der Waals surface area contributed by atoms with Crippen molar-refractivity contribution in [3.05, 3.63) is 75.0 Å². The quantitative estimate of drug-likeness (QED) is 0.213. The lowest BCUT2D eigenvalue weighted by Gasteiger charge is -2.33. The summed E-state index contributed by atoms with van der Waals surface area (Å²) < 4.78 is 58.0. The van der Waals surface area contributed by atoms with Crippen LogP contribution in [-0.2, 0) is 24.1 Å². The molecule has 4 rings (SSSR count). The SMILES string of the molecule is CCn1cc(-c2c(F)cccc2[C@@H]2CN(C(=O)/C=C/CBr)Cc3sc(C#N)cc32)c(C(F)(F)F)n1. The molecule has 5 nitrogen and oxygen atoms in total. The zero-order chi connectivity index (χ0) is 25.3. The van der Waals surface area contributed by atoms with Crippen LogP contribution in [0.25, 0.3) is 11.1 Å². The predicted molar refractivity (Wildman–Crippen MR) is 128 cm³/mol. The molecule has 182 valence electrons. The van der Waals surface area contributed by atoms with Crippen LogP contribution in [0.4, 0.5) is 17.6 Å². The van der Waals surface area contributed by atoms with Gasteiger partial charge in [0, 0.05) is 46.5 Å². The number of allylic oxidation sites excluding steroid dienone is 1. The first-order valence-electron chi connectivity index (χ1n) is 10.6. The Morgan fingerprint density at radius 3 is 2.80 bits per heavy atom. The summed E-state index contributed by atoms with van der Waals surface area (Å²) in [7, 11) is 0.